The standard InChI is InChI=1S/C12H20O5/c1-2-9(1)14-5-10(16-7-12-8-17-12)3-13-4-11-6-15-11/h9-12H,1-8H2. The van der Waals surface area contributed by atoms with Crippen molar-refractivity contribution in [3.8, 4) is 0 Å². The molecule has 98 valence electrons. The summed E-state index contributed by atoms with van der Waals surface area (Å²) in [5.74, 6) is 0. The summed E-state index contributed by atoms with van der Waals surface area (Å²) in [6.45, 7) is 4.19. The van der Waals surface area contributed by atoms with Crippen molar-refractivity contribution < 1.29 is 23.7 Å². The van der Waals surface area contributed by atoms with E-state index in [-0.39, 0.29) is 6.10 Å². The summed E-state index contributed by atoms with van der Waals surface area (Å²) in [5, 5.41) is 0. The minimum atomic E-state index is 0.0264. The molecule has 2 aliphatic heterocycles. The van der Waals surface area contributed by atoms with Gasteiger partial charge in [0, 0.05) is 0 Å². The number of ether oxygens (including phenoxy) is 5. The predicted molar refractivity (Wildman–Crippen MR) is 59.0 cm³/mol. The van der Waals surface area contributed by atoms with E-state index in [4.69, 9.17) is 23.7 Å². The van der Waals surface area contributed by atoms with Crippen LogP contribution in [0.25, 0.3) is 0 Å². The molecule has 2 saturated heterocycles. The minimum absolute atomic E-state index is 0.0264. The molecule has 0 aromatic carbocycles. The van der Waals surface area contributed by atoms with Crippen molar-refractivity contribution in [2.75, 3.05) is 39.6 Å². The summed E-state index contributed by atoms with van der Waals surface area (Å²) in [4.78, 5) is 0. The highest BCUT2D eigenvalue weighted by Gasteiger charge is 2.28. The van der Waals surface area contributed by atoms with Gasteiger partial charge in [-0.3, -0.25) is 0 Å². The molecular weight excluding hydrogens is 224 g/mol. The summed E-state index contributed by atoms with van der Waals surface area (Å²) >= 11 is 0. The Labute approximate surface area is 101 Å². The third-order valence-corrected chi connectivity index (χ3v) is 2.97. The van der Waals surface area contributed by atoms with Crippen LogP contribution in [0.1, 0.15) is 12.8 Å². The summed E-state index contributed by atoms with van der Waals surface area (Å²) in [5.41, 5.74) is 0. The third kappa shape index (κ3) is 4.89. The lowest BCUT2D eigenvalue weighted by Crippen LogP contribution is -2.28. The molecule has 3 unspecified atom stereocenters. The van der Waals surface area contributed by atoms with E-state index in [1.54, 1.807) is 0 Å². The van der Waals surface area contributed by atoms with Gasteiger partial charge in [-0.25, -0.2) is 0 Å². The number of rotatable bonds is 10. The quantitative estimate of drug-likeness (QED) is 0.519. The van der Waals surface area contributed by atoms with Crippen LogP contribution in [-0.2, 0) is 23.7 Å². The van der Waals surface area contributed by atoms with Crippen molar-refractivity contribution in [2.45, 2.75) is 37.3 Å². The summed E-state index contributed by atoms with van der Waals surface area (Å²) in [7, 11) is 0. The van der Waals surface area contributed by atoms with Gasteiger partial charge >= 0.3 is 0 Å². The van der Waals surface area contributed by atoms with Gasteiger partial charge in [0.05, 0.1) is 45.7 Å². The highest BCUT2D eigenvalue weighted by Crippen LogP contribution is 2.24. The van der Waals surface area contributed by atoms with Crippen LogP contribution in [0.4, 0.5) is 0 Å². The van der Waals surface area contributed by atoms with Crippen molar-refractivity contribution in [1.29, 1.82) is 0 Å². The van der Waals surface area contributed by atoms with Gasteiger partial charge in [-0.1, -0.05) is 0 Å². The molecule has 0 aromatic heterocycles. The normalized spacial score (nSPS) is 32.5. The zero-order chi connectivity index (χ0) is 11.5. The topological polar surface area (TPSA) is 52.8 Å². The molecule has 17 heavy (non-hydrogen) atoms. The van der Waals surface area contributed by atoms with E-state index in [9.17, 15) is 0 Å². The second-order valence-corrected chi connectivity index (χ2v) is 4.94. The van der Waals surface area contributed by atoms with Gasteiger partial charge in [0.25, 0.3) is 0 Å². The average Bonchev–Trinajstić information content (AvgIpc) is 3.15. The Morgan fingerprint density at radius 2 is 1.71 bits per heavy atom. The van der Waals surface area contributed by atoms with Crippen LogP contribution >= 0.6 is 0 Å². The fourth-order valence-electron chi connectivity index (χ4n) is 1.53. The molecule has 1 saturated carbocycles. The molecule has 3 rings (SSSR count). The molecule has 0 N–H and O–H groups in total. The van der Waals surface area contributed by atoms with Crippen molar-refractivity contribution >= 4 is 0 Å². The Kier molecular flexibility index (Phi) is 3.93. The lowest BCUT2D eigenvalue weighted by atomic mass is 10.4. The fraction of sp³-hybridized carbons (Fsp3) is 1.00. The van der Waals surface area contributed by atoms with Crippen molar-refractivity contribution in [3.05, 3.63) is 0 Å². The van der Waals surface area contributed by atoms with Gasteiger partial charge in [-0.05, 0) is 12.8 Å². The molecule has 0 spiro atoms. The van der Waals surface area contributed by atoms with E-state index in [2.05, 4.69) is 0 Å². The van der Waals surface area contributed by atoms with E-state index in [1.807, 2.05) is 0 Å². The van der Waals surface area contributed by atoms with E-state index < -0.39 is 0 Å². The number of epoxide rings is 2. The lowest BCUT2D eigenvalue weighted by Gasteiger charge is -2.17. The van der Waals surface area contributed by atoms with Crippen molar-refractivity contribution in [3.63, 3.8) is 0 Å². The molecule has 0 amide bonds. The van der Waals surface area contributed by atoms with Crippen LogP contribution < -0.4 is 0 Å². The van der Waals surface area contributed by atoms with Crippen LogP contribution in [0.3, 0.4) is 0 Å². The maximum atomic E-state index is 5.73. The Hall–Kier alpha value is -0.200. The first-order valence-electron chi connectivity index (χ1n) is 6.44. The molecule has 5 heteroatoms. The van der Waals surface area contributed by atoms with Crippen molar-refractivity contribution in [2.24, 2.45) is 0 Å². The fourth-order valence-corrected chi connectivity index (χ4v) is 1.53. The second kappa shape index (κ2) is 5.63. The van der Waals surface area contributed by atoms with Crippen LogP contribution in [0.2, 0.25) is 0 Å². The predicted octanol–water partition coefficient (Wildman–Crippen LogP) is 0.365. The van der Waals surface area contributed by atoms with Gasteiger partial charge < -0.3 is 23.7 Å². The SMILES string of the molecule is C1CC1OCC(COCC1CO1)OCC1CO1. The number of hydrogen-bond acceptors (Lipinski definition) is 5. The maximum Gasteiger partial charge on any atom is 0.104 e. The molecule has 5 nitrogen and oxygen atoms in total. The van der Waals surface area contributed by atoms with Gasteiger partial charge in [-0.15, -0.1) is 0 Å². The van der Waals surface area contributed by atoms with Crippen LogP contribution in [0, 0.1) is 0 Å². The van der Waals surface area contributed by atoms with Crippen LogP contribution in [0.15, 0.2) is 0 Å². The molecule has 3 fully saturated rings. The molecule has 0 bridgehead atoms. The van der Waals surface area contributed by atoms with Gasteiger partial charge in [-0.2, -0.15) is 0 Å². The molecule has 0 aromatic rings. The Morgan fingerprint density at radius 1 is 1.00 bits per heavy atom. The smallest absolute Gasteiger partial charge is 0.104 e. The highest BCUT2D eigenvalue weighted by molar-refractivity contribution is 4.75. The average molecular weight is 244 g/mol. The largest absolute Gasteiger partial charge is 0.376 e. The monoisotopic (exact) mass is 244 g/mol. The third-order valence-electron chi connectivity index (χ3n) is 2.97. The second-order valence-electron chi connectivity index (χ2n) is 4.94. The lowest BCUT2D eigenvalue weighted by molar-refractivity contribution is -0.0678. The Bertz CT molecular complexity index is 219. The van der Waals surface area contributed by atoms with E-state index >= 15 is 0 Å². The van der Waals surface area contributed by atoms with E-state index in [1.165, 1.54) is 12.8 Å². The summed E-state index contributed by atoms with van der Waals surface area (Å²) in [6, 6.07) is 0. The maximum absolute atomic E-state index is 5.73. The summed E-state index contributed by atoms with van der Waals surface area (Å²) < 4.78 is 27.2. The first-order chi connectivity index (χ1) is 8.40. The van der Waals surface area contributed by atoms with Gasteiger partial charge in [0.15, 0.2) is 0 Å². The molecule has 0 radical (unpaired) electrons. The molecule has 1 aliphatic carbocycles. The minimum Gasteiger partial charge on any atom is -0.376 e. The zero-order valence-corrected chi connectivity index (χ0v) is 10.0. The van der Waals surface area contributed by atoms with Crippen LogP contribution in [0.5, 0.6) is 0 Å². The molecule has 3 aliphatic rings. The van der Waals surface area contributed by atoms with Crippen LogP contribution in [-0.4, -0.2) is 64.1 Å². The molecule has 2 heterocycles. The van der Waals surface area contributed by atoms with E-state index in [0.29, 0.717) is 44.7 Å². The first-order valence-corrected chi connectivity index (χ1v) is 6.44. The van der Waals surface area contributed by atoms with Gasteiger partial charge in [0.1, 0.15) is 18.3 Å². The highest BCUT2D eigenvalue weighted by atomic mass is 16.6. The van der Waals surface area contributed by atoms with Gasteiger partial charge in [0.2, 0.25) is 0 Å². The zero-order valence-electron chi connectivity index (χ0n) is 10.0. The molecule has 3 atom stereocenters. The molecular formula is C12H20O5. The number of hydrogen-bond donors (Lipinski definition) is 0. The van der Waals surface area contributed by atoms with Crippen molar-refractivity contribution in [1.82, 2.24) is 0 Å². The Morgan fingerprint density at radius 3 is 2.35 bits per heavy atom. The summed E-state index contributed by atoms with van der Waals surface area (Å²) in [6.07, 6.45) is 3.48. The van der Waals surface area contributed by atoms with E-state index in [0.717, 1.165) is 13.2 Å². The Balaban J connectivity index is 1.30. The first kappa shape index (κ1) is 11.9.